The normalized spacial score (nSPS) is 14.5. The van der Waals surface area contributed by atoms with E-state index >= 15 is 0 Å². The number of phosphoric ester groups is 1. The molecule has 0 saturated heterocycles. The molecule has 0 aliphatic carbocycles. The van der Waals surface area contributed by atoms with Crippen LogP contribution in [0.3, 0.4) is 0 Å². The van der Waals surface area contributed by atoms with Crippen molar-refractivity contribution in [1.82, 2.24) is 0 Å². The van der Waals surface area contributed by atoms with Crippen LogP contribution < -0.4 is 0 Å². The second-order valence-electron chi connectivity index (χ2n) is 14.0. The van der Waals surface area contributed by atoms with Crippen LogP contribution in [0.5, 0.6) is 0 Å². The lowest BCUT2D eigenvalue weighted by Gasteiger charge is -2.20. The highest BCUT2D eigenvalue weighted by Gasteiger charge is 2.26. The Bertz CT molecular complexity index is 908. The van der Waals surface area contributed by atoms with Crippen LogP contribution in [0.15, 0.2) is 36.5 Å². The molecule has 0 aromatic carbocycles. The first kappa shape index (κ1) is 50.7. The third kappa shape index (κ3) is 38.4. The van der Waals surface area contributed by atoms with Gasteiger partial charge in [0.25, 0.3) is 0 Å². The van der Waals surface area contributed by atoms with Crippen LogP contribution in [0.2, 0.25) is 0 Å². The van der Waals surface area contributed by atoms with Crippen molar-refractivity contribution in [2.75, 3.05) is 33.0 Å². The molecule has 10 heteroatoms. The Labute approximate surface area is 318 Å². The third-order valence-corrected chi connectivity index (χ3v) is 9.75. The summed E-state index contributed by atoms with van der Waals surface area (Å²) in [5.74, 6) is -0.399. The minimum Gasteiger partial charge on any atom is -0.457 e. The Morgan fingerprint density at radius 3 is 1.62 bits per heavy atom. The Kier molecular flexibility index (Phi) is 38.4. The summed E-state index contributed by atoms with van der Waals surface area (Å²) in [6.45, 7) is 3.44. The molecule has 0 aliphatic rings. The van der Waals surface area contributed by atoms with Crippen LogP contribution in [0.1, 0.15) is 181 Å². The Balaban J connectivity index is 4.21. The minimum absolute atomic E-state index is 0.0399. The number of allylic oxidation sites excluding steroid dienone is 6. The zero-order valence-corrected chi connectivity index (χ0v) is 34.2. The molecule has 3 N–H and O–H groups in total. The van der Waals surface area contributed by atoms with Crippen LogP contribution in [0.25, 0.3) is 0 Å². The van der Waals surface area contributed by atoms with Gasteiger partial charge in [-0.05, 0) is 64.2 Å². The maximum atomic E-state index is 12.6. The fourth-order valence-corrected chi connectivity index (χ4v) is 6.33. The largest absolute Gasteiger partial charge is 0.472 e. The number of phosphoric acid groups is 1. The van der Waals surface area contributed by atoms with Crippen LogP contribution in [-0.4, -0.2) is 66.3 Å². The lowest BCUT2D eigenvalue weighted by molar-refractivity contribution is -0.154. The Morgan fingerprint density at radius 1 is 0.596 bits per heavy atom. The molecular weight excluding hydrogens is 679 g/mol. The van der Waals surface area contributed by atoms with E-state index in [0.717, 1.165) is 70.6 Å². The second kappa shape index (κ2) is 39.4. The first-order valence-corrected chi connectivity index (χ1v) is 22.5. The molecule has 0 radical (unpaired) electrons. The first-order chi connectivity index (χ1) is 25.3. The van der Waals surface area contributed by atoms with E-state index in [4.69, 9.17) is 23.6 Å². The van der Waals surface area contributed by atoms with E-state index in [9.17, 15) is 19.4 Å². The molecule has 0 aromatic rings. The lowest BCUT2D eigenvalue weighted by Crippen LogP contribution is -2.29. The molecule has 0 fully saturated rings. The van der Waals surface area contributed by atoms with E-state index in [2.05, 4.69) is 50.3 Å². The summed E-state index contributed by atoms with van der Waals surface area (Å²) in [5.41, 5.74) is 0. The third-order valence-electron chi connectivity index (χ3n) is 8.80. The SMILES string of the molecule is CCCC/C=C\C/C=C\CCCCCCCC(=O)OC(COCCCCCCCC/C=C\CCCCCCCCC)COP(=O)(O)OCC(O)CO. The highest BCUT2D eigenvalue weighted by molar-refractivity contribution is 7.47. The number of carbonyl (C=O) groups excluding carboxylic acids is 1. The van der Waals surface area contributed by atoms with Crippen molar-refractivity contribution in [2.24, 2.45) is 0 Å². The standard InChI is InChI=1S/C42H79O9P/c1-3-5-7-9-11-13-15-17-19-20-21-23-25-27-29-31-33-35-48-38-41(39-50-52(46,47)49-37-40(44)36-43)51-42(45)34-32-30-28-26-24-22-18-16-14-12-10-8-6-4-2/h10,12,16,18-20,40-41,43-44H,3-9,11,13-15,17,21-39H2,1-2H3,(H,46,47)/b12-10-,18-16-,20-19-. The van der Waals surface area contributed by atoms with Crippen molar-refractivity contribution in [3.63, 3.8) is 0 Å². The molecule has 0 bridgehead atoms. The van der Waals surface area contributed by atoms with Gasteiger partial charge in [-0.3, -0.25) is 13.8 Å². The predicted octanol–water partition coefficient (Wildman–Crippen LogP) is 11.3. The van der Waals surface area contributed by atoms with E-state index in [1.807, 2.05) is 0 Å². The van der Waals surface area contributed by atoms with Crippen LogP contribution in [-0.2, 0) is 27.9 Å². The van der Waals surface area contributed by atoms with Crippen LogP contribution in [0.4, 0.5) is 0 Å². The molecule has 0 aliphatic heterocycles. The van der Waals surface area contributed by atoms with Crippen LogP contribution >= 0.6 is 7.82 Å². The maximum Gasteiger partial charge on any atom is 0.472 e. The van der Waals surface area contributed by atoms with Crippen molar-refractivity contribution in [3.8, 4) is 0 Å². The van der Waals surface area contributed by atoms with E-state index in [0.29, 0.717) is 13.0 Å². The zero-order chi connectivity index (χ0) is 38.2. The first-order valence-electron chi connectivity index (χ1n) is 21.0. The van der Waals surface area contributed by atoms with Gasteiger partial charge in [0, 0.05) is 13.0 Å². The molecule has 0 rings (SSSR count). The van der Waals surface area contributed by atoms with Crippen LogP contribution in [0, 0.1) is 0 Å². The molecule has 52 heavy (non-hydrogen) atoms. The minimum atomic E-state index is -4.52. The molecule has 0 spiro atoms. The van der Waals surface area contributed by atoms with Crippen molar-refractivity contribution < 1.29 is 43.0 Å². The monoisotopic (exact) mass is 759 g/mol. The fourth-order valence-electron chi connectivity index (χ4n) is 5.54. The molecule has 3 atom stereocenters. The van der Waals surface area contributed by atoms with Gasteiger partial charge in [0.1, 0.15) is 12.2 Å². The quantitative estimate of drug-likeness (QED) is 0.0242. The topological polar surface area (TPSA) is 132 Å². The van der Waals surface area contributed by atoms with Crippen molar-refractivity contribution in [1.29, 1.82) is 0 Å². The molecule has 9 nitrogen and oxygen atoms in total. The number of aliphatic hydroxyl groups is 2. The summed E-state index contributed by atoms with van der Waals surface area (Å²) in [6.07, 6.45) is 41.0. The van der Waals surface area contributed by atoms with E-state index < -0.39 is 39.2 Å². The Hall–Kier alpha value is -1.32. The van der Waals surface area contributed by atoms with Crippen molar-refractivity contribution >= 4 is 13.8 Å². The molecule has 0 aromatic heterocycles. The molecule has 0 heterocycles. The number of aliphatic hydroxyl groups excluding tert-OH is 2. The lowest BCUT2D eigenvalue weighted by atomic mass is 10.1. The van der Waals surface area contributed by atoms with E-state index in [1.54, 1.807) is 0 Å². The van der Waals surface area contributed by atoms with Gasteiger partial charge in [0.2, 0.25) is 0 Å². The van der Waals surface area contributed by atoms with E-state index in [-0.39, 0.29) is 19.6 Å². The van der Waals surface area contributed by atoms with Gasteiger partial charge in [-0.15, -0.1) is 0 Å². The average Bonchev–Trinajstić information content (AvgIpc) is 3.13. The number of unbranched alkanes of at least 4 members (excludes halogenated alkanes) is 20. The van der Waals surface area contributed by atoms with Gasteiger partial charge >= 0.3 is 13.8 Å². The van der Waals surface area contributed by atoms with Gasteiger partial charge in [0.05, 0.1) is 26.4 Å². The molecule has 3 unspecified atom stereocenters. The van der Waals surface area contributed by atoms with Crippen molar-refractivity contribution in [2.45, 2.75) is 193 Å². The van der Waals surface area contributed by atoms with E-state index in [1.165, 1.54) is 83.5 Å². The second-order valence-corrected chi connectivity index (χ2v) is 15.5. The number of ether oxygens (including phenoxy) is 2. The van der Waals surface area contributed by atoms with Gasteiger partial charge < -0.3 is 24.6 Å². The summed E-state index contributed by atoms with van der Waals surface area (Å²) in [5, 5.41) is 18.3. The number of hydrogen-bond donors (Lipinski definition) is 3. The molecule has 306 valence electrons. The highest BCUT2D eigenvalue weighted by atomic mass is 31.2. The molecular formula is C42H79O9P. The summed E-state index contributed by atoms with van der Waals surface area (Å²) in [4.78, 5) is 22.5. The summed E-state index contributed by atoms with van der Waals surface area (Å²) in [7, 11) is -4.52. The van der Waals surface area contributed by atoms with Gasteiger partial charge in [0.15, 0.2) is 0 Å². The number of carbonyl (C=O) groups is 1. The van der Waals surface area contributed by atoms with Crippen molar-refractivity contribution in [3.05, 3.63) is 36.5 Å². The van der Waals surface area contributed by atoms with Gasteiger partial charge in [-0.2, -0.15) is 0 Å². The summed E-state index contributed by atoms with van der Waals surface area (Å²) < 4.78 is 33.3. The zero-order valence-electron chi connectivity index (χ0n) is 33.3. The number of esters is 1. The molecule has 0 saturated carbocycles. The smallest absolute Gasteiger partial charge is 0.457 e. The Morgan fingerprint density at radius 2 is 1.06 bits per heavy atom. The van der Waals surface area contributed by atoms with Gasteiger partial charge in [-0.1, -0.05) is 147 Å². The average molecular weight is 759 g/mol. The number of rotatable bonds is 40. The maximum absolute atomic E-state index is 12.6. The number of hydrogen-bond acceptors (Lipinski definition) is 8. The predicted molar refractivity (Wildman–Crippen MR) is 214 cm³/mol. The summed E-state index contributed by atoms with van der Waals surface area (Å²) >= 11 is 0. The highest BCUT2D eigenvalue weighted by Crippen LogP contribution is 2.43. The molecule has 0 amide bonds. The van der Waals surface area contributed by atoms with Gasteiger partial charge in [-0.25, -0.2) is 4.57 Å². The summed E-state index contributed by atoms with van der Waals surface area (Å²) in [6, 6.07) is 0. The fraction of sp³-hybridized carbons (Fsp3) is 0.833.